The molecule has 2 fully saturated rings. The summed E-state index contributed by atoms with van der Waals surface area (Å²) in [5.41, 5.74) is 0. The van der Waals surface area contributed by atoms with Gasteiger partial charge in [-0.25, -0.2) is 0 Å². The third kappa shape index (κ3) is 1.97. The molecule has 3 heteroatoms. The van der Waals surface area contributed by atoms with Crippen molar-refractivity contribution in [2.24, 2.45) is 5.92 Å². The Morgan fingerprint density at radius 1 is 1.33 bits per heavy atom. The molecule has 1 heterocycles. The molecule has 0 aromatic carbocycles. The number of piperidine rings is 1. The van der Waals surface area contributed by atoms with Gasteiger partial charge in [-0.1, -0.05) is 0 Å². The number of rotatable bonds is 2. The van der Waals surface area contributed by atoms with Gasteiger partial charge in [-0.05, 0) is 32.2 Å². The Hall–Kier alpha value is -0.570. The summed E-state index contributed by atoms with van der Waals surface area (Å²) < 4.78 is 5.31. The van der Waals surface area contributed by atoms with Crippen LogP contribution in [0.15, 0.2) is 0 Å². The van der Waals surface area contributed by atoms with Crippen LogP contribution >= 0.6 is 0 Å². The summed E-state index contributed by atoms with van der Waals surface area (Å²) >= 11 is 0. The fourth-order valence-electron chi connectivity index (χ4n) is 1.50. The Morgan fingerprint density at radius 3 is 2.75 bits per heavy atom. The number of hydrogen-bond acceptors (Lipinski definition) is 3. The molecule has 12 heavy (non-hydrogen) atoms. The highest BCUT2D eigenvalue weighted by Gasteiger charge is 2.33. The van der Waals surface area contributed by atoms with Crippen LogP contribution in [-0.2, 0) is 9.53 Å². The summed E-state index contributed by atoms with van der Waals surface area (Å²) in [6.45, 7) is 1.91. The van der Waals surface area contributed by atoms with Crippen molar-refractivity contribution in [3.63, 3.8) is 0 Å². The van der Waals surface area contributed by atoms with E-state index in [1.165, 1.54) is 0 Å². The normalized spacial score (nSPS) is 29.8. The van der Waals surface area contributed by atoms with Crippen molar-refractivity contribution in [2.45, 2.75) is 31.8 Å². The minimum atomic E-state index is 0.0312. The van der Waals surface area contributed by atoms with Crippen LogP contribution in [0.3, 0.4) is 0 Å². The molecule has 0 aromatic rings. The van der Waals surface area contributed by atoms with Crippen molar-refractivity contribution in [3.8, 4) is 0 Å². The number of ether oxygens (including phenoxy) is 1. The summed E-state index contributed by atoms with van der Waals surface area (Å²) in [5, 5.41) is 3.22. The summed E-state index contributed by atoms with van der Waals surface area (Å²) in [6, 6.07) is 0. The second-order valence-corrected chi connectivity index (χ2v) is 3.68. The Kier molecular flexibility index (Phi) is 2.30. The van der Waals surface area contributed by atoms with E-state index in [-0.39, 0.29) is 18.0 Å². The maximum Gasteiger partial charge on any atom is 0.309 e. The van der Waals surface area contributed by atoms with E-state index in [1.54, 1.807) is 0 Å². The molecule has 3 nitrogen and oxygen atoms in total. The lowest BCUT2D eigenvalue weighted by Crippen LogP contribution is -2.36. The van der Waals surface area contributed by atoms with Gasteiger partial charge >= 0.3 is 5.97 Å². The first kappa shape index (κ1) is 8.05. The van der Waals surface area contributed by atoms with Crippen molar-refractivity contribution < 1.29 is 9.53 Å². The molecule has 2 aliphatic rings. The van der Waals surface area contributed by atoms with E-state index in [0.29, 0.717) is 0 Å². The smallest absolute Gasteiger partial charge is 0.309 e. The van der Waals surface area contributed by atoms with Gasteiger partial charge in [0.1, 0.15) is 6.10 Å². The number of carbonyl (C=O) groups is 1. The lowest BCUT2D eigenvalue weighted by Gasteiger charge is -2.22. The summed E-state index contributed by atoms with van der Waals surface area (Å²) in [5.74, 6) is 0.274. The van der Waals surface area contributed by atoms with Crippen LogP contribution in [0.5, 0.6) is 0 Å². The highest BCUT2D eigenvalue weighted by atomic mass is 16.5. The molecule has 68 valence electrons. The summed E-state index contributed by atoms with van der Waals surface area (Å²) in [7, 11) is 0. The maximum atomic E-state index is 11.2. The number of nitrogens with one attached hydrogen (secondary N) is 1. The predicted molar refractivity (Wildman–Crippen MR) is 44.7 cm³/mol. The van der Waals surface area contributed by atoms with Crippen LogP contribution in [0.1, 0.15) is 25.7 Å². The van der Waals surface area contributed by atoms with Crippen molar-refractivity contribution in [1.82, 2.24) is 5.32 Å². The lowest BCUT2D eigenvalue weighted by molar-refractivity contribution is -0.151. The molecule has 0 unspecified atom stereocenters. The third-order valence-electron chi connectivity index (χ3n) is 2.45. The zero-order valence-electron chi connectivity index (χ0n) is 7.21. The van der Waals surface area contributed by atoms with Crippen LogP contribution in [0.25, 0.3) is 0 Å². The Morgan fingerprint density at radius 2 is 2.17 bits per heavy atom. The zero-order valence-corrected chi connectivity index (χ0v) is 7.21. The summed E-state index contributed by atoms with van der Waals surface area (Å²) in [6.07, 6.45) is 4.39. The quantitative estimate of drug-likeness (QED) is 0.618. The number of hydrogen-bond donors (Lipinski definition) is 1. The molecule has 1 saturated heterocycles. The average molecular weight is 169 g/mol. The molecular formula is C9H15NO2. The minimum Gasteiger partial charge on any atom is -0.461 e. The van der Waals surface area contributed by atoms with Gasteiger partial charge < -0.3 is 10.1 Å². The monoisotopic (exact) mass is 169 g/mol. The molecule has 1 aliphatic heterocycles. The molecule has 1 atom stereocenters. The van der Waals surface area contributed by atoms with Crippen LogP contribution in [0.4, 0.5) is 0 Å². The van der Waals surface area contributed by atoms with Crippen molar-refractivity contribution >= 4 is 5.97 Å². The van der Waals surface area contributed by atoms with Gasteiger partial charge in [-0.15, -0.1) is 0 Å². The topological polar surface area (TPSA) is 38.3 Å². The largest absolute Gasteiger partial charge is 0.461 e. The molecule has 0 bridgehead atoms. The van der Waals surface area contributed by atoms with Crippen LogP contribution in [0, 0.1) is 5.92 Å². The number of carbonyl (C=O) groups excluding carboxylic acids is 1. The molecule has 2 rings (SSSR count). The molecule has 1 N–H and O–H groups in total. The molecule has 1 saturated carbocycles. The molecule has 1 aliphatic carbocycles. The van der Waals surface area contributed by atoms with Crippen molar-refractivity contribution in [2.75, 3.05) is 13.1 Å². The van der Waals surface area contributed by atoms with E-state index in [9.17, 15) is 4.79 Å². The van der Waals surface area contributed by atoms with Gasteiger partial charge in [0.2, 0.25) is 0 Å². The molecule has 0 spiro atoms. The van der Waals surface area contributed by atoms with Crippen LogP contribution in [-0.4, -0.2) is 25.2 Å². The van der Waals surface area contributed by atoms with E-state index >= 15 is 0 Å². The van der Waals surface area contributed by atoms with Crippen molar-refractivity contribution in [3.05, 3.63) is 0 Å². The SMILES string of the molecule is O=C(O[C@@H]1CCCNC1)C1CC1. The third-order valence-corrected chi connectivity index (χ3v) is 2.45. The Balaban J connectivity index is 1.73. The van der Waals surface area contributed by atoms with Gasteiger partial charge in [-0.3, -0.25) is 4.79 Å². The van der Waals surface area contributed by atoms with E-state index < -0.39 is 0 Å². The van der Waals surface area contributed by atoms with E-state index in [2.05, 4.69) is 5.32 Å². The van der Waals surface area contributed by atoms with Gasteiger partial charge in [0.15, 0.2) is 0 Å². The first-order valence-corrected chi connectivity index (χ1v) is 4.77. The van der Waals surface area contributed by atoms with Gasteiger partial charge in [-0.2, -0.15) is 0 Å². The first-order valence-electron chi connectivity index (χ1n) is 4.77. The highest BCUT2D eigenvalue weighted by molar-refractivity contribution is 5.75. The summed E-state index contributed by atoms with van der Waals surface area (Å²) in [4.78, 5) is 11.2. The fraction of sp³-hybridized carbons (Fsp3) is 0.889. The molecule has 0 radical (unpaired) electrons. The highest BCUT2D eigenvalue weighted by Crippen LogP contribution is 2.30. The average Bonchev–Trinajstić information content (AvgIpc) is 2.88. The lowest BCUT2D eigenvalue weighted by atomic mass is 10.1. The maximum absolute atomic E-state index is 11.2. The second kappa shape index (κ2) is 3.44. The van der Waals surface area contributed by atoms with E-state index in [1.807, 2.05) is 0 Å². The van der Waals surface area contributed by atoms with Crippen LogP contribution < -0.4 is 5.32 Å². The van der Waals surface area contributed by atoms with Gasteiger partial charge in [0.05, 0.1) is 5.92 Å². The predicted octanol–water partition coefficient (Wildman–Crippen LogP) is 0.692. The van der Waals surface area contributed by atoms with Gasteiger partial charge in [0, 0.05) is 6.54 Å². The fourth-order valence-corrected chi connectivity index (χ4v) is 1.50. The molecule has 0 amide bonds. The first-order chi connectivity index (χ1) is 5.86. The Labute approximate surface area is 72.5 Å². The zero-order chi connectivity index (χ0) is 8.39. The van der Waals surface area contributed by atoms with Gasteiger partial charge in [0.25, 0.3) is 0 Å². The minimum absolute atomic E-state index is 0.0312. The van der Waals surface area contributed by atoms with Crippen LogP contribution in [0.2, 0.25) is 0 Å². The Bertz CT molecular complexity index is 171. The van der Waals surface area contributed by atoms with Crippen molar-refractivity contribution in [1.29, 1.82) is 0 Å². The second-order valence-electron chi connectivity index (χ2n) is 3.68. The standard InChI is InChI=1S/C9H15NO2/c11-9(7-3-4-7)12-8-2-1-5-10-6-8/h7-8,10H,1-6H2/t8-/m1/s1. The van der Waals surface area contributed by atoms with E-state index in [0.717, 1.165) is 38.8 Å². The number of esters is 1. The van der Waals surface area contributed by atoms with E-state index in [4.69, 9.17) is 4.74 Å². The molecule has 0 aromatic heterocycles. The molecular weight excluding hydrogens is 154 g/mol.